The van der Waals surface area contributed by atoms with Crippen molar-refractivity contribution in [1.29, 1.82) is 0 Å². The van der Waals surface area contributed by atoms with E-state index in [1.807, 2.05) is 84.9 Å². The van der Waals surface area contributed by atoms with Crippen LogP contribution in [-0.2, 0) is 0 Å². The van der Waals surface area contributed by atoms with E-state index in [9.17, 15) is 4.79 Å². The van der Waals surface area contributed by atoms with Crippen LogP contribution in [-0.4, -0.2) is 40.3 Å². The van der Waals surface area contributed by atoms with Gasteiger partial charge in [0.15, 0.2) is 0 Å². The number of hydrogen-bond acceptors (Lipinski definition) is 5. The van der Waals surface area contributed by atoms with Gasteiger partial charge in [0.1, 0.15) is 11.9 Å². The number of benzene rings is 3. The van der Waals surface area contributed by atoms with E-state index in [4.69, 9.17) is 9.26 Å². The molecule has 2 heterocycles. The monoisotopic (exact) mass is 412 g/mol. The molecule has 7 heteroatoms. The Morgan fingerprint density at radius 3 is 2.39 bits per heavy atom. The van der Waals surface area contributed by atoms with Crippen molar-refractivity contribution < 1.29 is 14.1 Å². The average Bonchev–Trinajstić information content (AvgIpc) is 3.27. The first-order valence-corrected chi connectivity index (χ1v) is 10.0. The van der Waals surface area contributed by atoms with Gasteiger partial charge in [-0.1, -0.05) is 65.8 Å². The van der Waals surface area contributed by atoms with Gasteiger partial charge in [0, 0.05) is 11.3 Å². The van der Waals surface area contributed by atoms with Gasteiger partial charge in [0.25, 0.3) is 5.89 Å². The lowest BCUT2D eigenvalue weighted by atomic mass is 10.1. The molecule has 7 nitrogen and oxygen atoms in total. The highest BCUT2D eigenvalue weighted by Gasteiger charge is 2.33. The minimum Gasteiger partial charge on any atom is -0.486 e. The summed E-state index contributed by atoms with van der Waals surface area (Å²) >= 11 is 0. The van der Waals surface area contributed by atoms with E-state index in [1.165, 1.54) is 0 Å². The summed E-state index contributed by atoms with van der Waals surface area (Å²) in [5, 5.41) is 6.97. The fourth-order valence-electron chi connectivity index (χ4n) is 3.37. The van der Waals surface area contributed by atoms with Crippen molar-refractivity contribution in [1.82, 2.24) is 15.0 Å². The zero-order valence-corrected chi connectivity index (χ0v) is 16.6. The Bertz CT molecular complexity index is 1170. The Hall–Kier alpha value is -4.13. The predicted molar refractivity (Wildman–Crippen MR) is 117 cm³/mol. The first kappa shape index (κ1) is 18.9. The standard InChI is InChI=1S/C24H20N4O3/c29-24(25-18-11-5-2-6-12-18)28-15-19(16-28)30-21-14-8-7-13-20(21)23-26-22(27-31-23)17-9-3-1-4-10-17/h1-14,19H,15-16H2,(H,25,29). The topological polar surface area (TPSA) is 80.5 Å². The zero-order chi connectivity index (χ0) is 21.0. The second-order valence-electron chi connectivity index (χ2n) is 7.23. The second kappa shape index (κ2) is 8.31. The fraction of sp³-hybridized carbons (Fsp3) is 0.125. The van der Waals surface area contributed by atoms with E-state index in [2.05, 4.69) is 15.5 Å². The van der Waals surface area contributed by atoms with Crippen LogP contribution < -0.4 is 10.1 Å². The molecule has 1 aromatic heterocycles. The summed E-state index contributed by atoms with van der Waals surface area (Å²) < 4.78 is 11.6. The number of likely N-dealkylation sites (tertiary alicyclic amines) is 1. The Kier molecular flexibility index (Phi) is 5.06. The summed E-state index contributed by atoms with van der Waals surface area (Å²) in [5.41, 5.74) is 2.38. The number of anilines is 1. The molecule has 0 saturated carbocycles. The summed E-state index contributed by atoms with van der Waals surface area (Å²) in [5.74, 6) is 1.57. The number of ether oxygens (including phenoxy) is 1. The van der Waals surface area contributed by atoms with Crippen molar-refractivity contribution in [3.05, 3.63) is 84.9 Å². The first-order chi connectivity index (χ1) is 15.3. The van der Waals surface area contributed by atoms with Gasteiger partial charge >= 0.3 is 6.03 Å². The normalized spacial score (nSPS) is 13.5. The lowest BCUT2D eigenvalue weighted by Crippen LogP contribution is -2.57. The van der Waals surface area contributed by atoms with Crippen LogP contribution >= 0.6 is 0 Å². The summed E-state index contributed by atoms with van der Waals surface area (Å²) in [4.78, 5) is 18.6. The van der Waals surface area contributed by atoms with E-state index >= 15 is 0 Å². The largest absolute Gasteiger partial charge is 0.486 e. The van der Waals surface area contributed by atoms with E-state index in [-0.39, 0.29) is 12.1 Å². The minimum atomic E-state index is -0.135. The van der Waals surface area contributed by atoms with Gasteiger partial charge in [-0.2, -0.15) is 4.98 Å². The molecule has 5 rings (SSSR count). The molecule has 154 valence electrons. The maximum absolute atomic E-state index is 12.3. The van der Waals surface area contributed by atoms with Gasteiger partial charge in [0.05, 0.1) is 18.7 Å². The molecule has 3 aromatic carbocycles. The van der Waals surface area contributed by atoms with Crippen molar-refractivity contribution in [2.24, 2.45) is 0 Å². The van der Waals surface area contributed by atoms with Crippen molar-refractivity contribution in [3.63, 3.8) is 0 Å². The SMILES string of the molecule is O=C(Nc1ccccc1)N1CC(Oc2ccccc2-c2nc(-c3ccccc3)no2)C1. The number of amides is 2. The van der Waals surface area contributed by atoms with Crippen LogP contribution in [0.2, 0.25) is 0 Å². The van der Waals surface area contributed by atoms with Gasteiger partial charge in [-0.05, 0) is 24.3 Å². The summed E-state index contributed by atoms with van der Waals surface area (Å²) in [6.07, 6.45) is -0.0980. The fourth-order valence-corrected chi connectivity index (χ4v) is 3.37. The minimum absolute atomic E-state index is 0.0980. The number of carbonyl (C=O) groups excluding carboxylic acids is 1. The van der Waals surface area contributed by atoms with Crippen LogP contribution in [0.3, 0.4) is 0 Å². The summed E-state index contributed by atoms with van der Waals surface area (Å²) in [6, 6.07) is 26.5. The van der Waals surface area contributed by atoms with Crippen LogP contribution in [0, 0.1) is 0 Å². The van der Waals surface area contributed by atoms with Crippen LogP contribution in [0.4, 0.5) is 10.5 Å². The first-order valence-electron chi connectivity index (χ1n) is 10.0. The molecule has 0 aliphatic carbocycles. The van der Waals surface area contributed by atoms with Gasteiger partial charge in [-0.15, -0.1) is 0 Å². The van der Waals surface area contributed by atoms with E-state index in [0.717, 1.165) is 16.8 Å². The third-order valence-corrected chi connectivity index (χ3v) is 5.03. The third kappa shape index (κ3) is 4.11. The molecule has 0 spiro atoms. The average molecular weight is 412 g/mol. The van der Waals surface area contributed by atoms with Crippen molar-refractivity contribution in [2.45, 2.75) is 6.10 Å². The predicted octanol–water partition coefficient (Wildman–Crippen LogP) is 4.70. The van der Waals surface area contributed by atoms with Gasteiger partial charge in [-0.25, -0.2) is 4.79 Å². The van der Waals surface area contributed by atoms with E-state index < -0.39 is 0 Å². The number of nitrogens with one attached hydrogen (secondary N) is 1. The van der Waals surface area contributed by atoms with Crippen LogP contribution in [0.5, 0.6) is 5.75 Å². The molecule has 0 bridgehead atoms. The molecular weight excluding hydrogens is 392 g/mol. The molecule has 1 aliphatic rings. The molecule has 0 atom stereocenters. The Morgan fingerprint density at radius 2 is 1.61 bits per heavy atom. The number of urea groups is 1. The number of nitrogens with zero attached hydrogens (tertiary/aromatic N) is 3. The molecule has 1 saturated heterocycles. The van der Waals surface area contributed by atoms with E-state index in [0.29, 0.717) is 30.6 Å². The Balaban J connectivity index is 1.24. The quantitative estimate of drug-likeness (QED) is 0.514. The third-order valence-electron chi connectivity index (χ3n) is 5.03. The molecule has 2 amide bonds. The highest BCUT2D eigenvalue weighted by Crippen LogP contribution is 2.32. The molecule has 0 unspecified atom stereocenters. The molecular formula is C24H20N4O3. The van der Waals surface area contributed by atoms with Gasteiger partial charge in [0.2, 0.25) is 5.82 Å². The summed E-state index contributed by atoms with van der Waals surface area (Å²) in [6.45, 7) is 1.01. The molecule has 1 N–H and O–H groups in total. The highest BCUT2D eigenvalue weighted by molar-refractivity contribution is 5.89. The lowest BCUT2D eigenvalue weighted by molar-refractivity contribution is 0.0496. The van der Waals surface area contributed by atoms with Crippen molar-refractivity contribution in [2.75, 3.05) is 18.4 Å². The number of carbonyl (C=O) groups is 1. The second-order valence-corrected chi connectivity index (χ2v) is 7.23. The van der Waals surface area contributed by atoms with Crippen LogP contribution in [0.1, 0.15) is 0 Å². The number of rotatable bonds is 5. The molecule has 4 aromatic rings. The van der Waals surface area contributed by atoms with Gasteiger partial charge < -0.3 is 19.5 Å². The smallest absolute Gasteiger partial charge is 0.322 e. The maximum Gasteiger partial charge on any atom is 0.322 e. The molecule has 1 aliphatic heterocycles. The number of hydrogen-bond donors (Lipinski definition) is 1. The lowest BCUT2D eigenvalue weighted by Gasteiger charge is -2.39. The Morgan fingerprint density at radius 1 is 0.935 bits per heavy atom. The van der Waals surface area contributed by atoms with Gasteiger partial charge in [-0.3, -0.25) is 0 Å². The summed E-state index contributed by atoms with van der Waals surface area (Å²) in [7, 11) is 0. The number of para-hydroxylation sites is 2. The number of aromatic nitrogens is 2. The van der Waals surface area contributed by atoms with Crippen molar-refractivity contribution in [3.8, 4) is 28.6 Å². The maximum atomic E-state index is 12.3. The van der Waals surface area contributed by atoms with Crippen molar-refractivity contribution >= 4 is 11.7 Å². The molecule has 1 fully saturated rings. The zero-order valence-electron chi connectivity index (χ0n) is 16.6. The highest BCUT2D eigenvalue weighted by atomic mass is 16.5. The molecule has 31 heavy (non-hydrogen) atoms. The van der Waals surface area contributed by atoms with E-state index in [1.54, 1.807) is 4.90 Å². The van der Waals surface area contributed by atoms with Crippen LogP contribution in [0.25, 0.3) is 22.8 Å². The molecule has 0 radical (unpaired) electrons. The Labute approximate surface area is 179 Å². The van der Waals surface area contributed by atoms with Crippen LogP contribution in [0.15, 0.2) is 89.5 Å².